The summed E-state index contributed by atoms with van der Waals surface area (Å²) >= 11 is 0. The first-order valence-corrected chi connectivity index (χ1v) is 10.6. The maximum Gasteiger partial charge on any atom is 0.270 e. The molecule has 0 aliphatic carbocycles. The van der Waals surface area contributed by atoms with Gasteiger partial charge in [-0.1, -0.05) is 42.5 Å². The van der Waals surface area contributed by atoms with Crippen LogP contribution in [-0.4, -0.2) is 27.3 Å². The van der Waals surface area contributed by atoms with Gasteiger partial charge in [-0.3, -0.25) is 4.79 Å². The van der Waals surface area contributed by atoms with E-state index in [-0.39, 0.29) is 11.9 Å². The highest BCUT2D eigenvalue weighted by Crippen LogP contribution is 2.32. The lowest BCUT2D eigenvalue weighted by molar-refractivity contribution is 0.0565. The van der Waals surface area contributed by atoms with Gasteiger partial charge in [0.25, 0.3) is 5.91 Å². The molecular weight excluding hydrogens is 374 g/mol. The first-order valence-electron chi connectivity index (χ1n) is 10.6. The SMILES string of the molecule is Cc1ccc2cc(C(=O)N3CCCC[C@H]3c3ncc(Cc4ccccc4)o3)[nH]c2c1. The Labute approximate surface area is 175 Å². The fraction of sp³-hybridized carbons (Fsp3) is 0.280. The van der Waals surface area contributed by atoms with E-state index in [4.69, 9.17) is 4.42 Å². The quantitative estimate of drug-likeness (QED) is 0.498. The van der Waals surface area contributed by atoms with Crippen LogP contribution in [0.15, 0.2) is 65.2 Å². The highest BCUT2D eigenvalue weighted by molar-refractivity contribution is 5.98. The Balaban J connectivity index is 1.39. The van der Waals surface area contributed by atoms with E-state index < -0.39 is 0 Å². The molecule has 30 heavy (non-hydrogen) atoms. The molecule has 152 valence electrons. The molecule has 3 heterocycles. The van der Waals surface area contributed by atoms with E-state index in [1.807, 2.05) is 29.2 Å². The molecule has 4 aromatic rings. The average Bonchev–Trinajstić information content (AvgIpc) is 3.40. The summed E-state index contributed by atoms with van der Waals surface area (Å²) in [5.41, 5.74) is 3.97. The molecule has 2 aromatic carbocycles. The summed E-state index contributed by atoms with van der Waals surface area (Å²) in [6.45, 7) is 2.77. The third-order valence-electron chi connectivity index (χ3n) is 5.85. The summed E-state index contributed by atoms with van der Waals surface area (Å²) in [6, 6.07) is 18.2. The number of hydrogen-bond acceptors (Lipinski definition) is 3. The number of aromatic nitrogens is 2. The number of rotatable bonds is 4. The number of likely N-dealkylation sites (tertiary alicyclic amines) is 1. The number of oxazole rings is 1. The van der Waals surface area contributed by atoms with Crippen LogP contribution in [0.1, 0.15) is 58.6 Å². The maximum atomic E-state index is 13.4. The molecule has 1 amide bonds. The van der Waals surface area contributed by atoms with Crippen molar-refractivity contribution in [2.45, 2.75) is 38.6 Å². The van der Waals surface area contributed by atoms with Gasteiger partial charge in [-0.15, -0.1) is 0 Å². The first kappa shape index (κ1) is 18.7. The number of fused-ring (bicyclic) bond motifs is 1. The van der Waals surface area contributed by atoms with Crippen molar-refractivity contribution in [3.63, 3.8) is 0 Å². The molecule has 1 N–H and O–H groups in total. The minimum absolute atomic E-state index is 0.0105. The number of carbonyl (C=O) groups is 1. The molecule has 0 saturated carbocycles. The summed E-state index contributed by atoms with van der Waals surface area (Å²) in [7, 11) is 0. The van der Waals surface area contributed by atoms with E-state index >= 15 is 0 Å². The normalized spacial score (nSPS) is 16.8. The Hall–Kier alpha value is -3.34. The third-order valence-corrected chi connectivity index (χ3v) is 5.85. The summed E-state index contributed by atoms with van der Waals surface area (Å²) in [6.07, 6.45) is 5.44. The molecule has 1 fully saturated rings. The van der Waals surface area contributed by atoms with Gasteiger partial charge in [0.1, 0.15) is 17.5 Å². The molecule has 0 radical (unpaired) electrons. The lowest BCUT2D eigenvalue weighted by Crippen LogP contribution is -2.38. The van der Waals surface area contributed by atoms with Crippen LogP contribution < -0.4 is 0 Å². The summed E-state index contributed by atoms with van der Waals surface area (Å²) < 4.78 is 6.10. The van der Waals surface area contributed by atoms with Crippen molar-refractivity contribution in [2.75, 3.05) is 6.54 Å². The predicted octanol–water partition coefficient (Wildman–Crippen LogP) is 5.42. The molecule has 2 aromatic heterocycles. The van der Waals surface area contributed by atoms with Gasteiger partial charge < -0.3 is 14.3 Å². The van der Waals surface area contributed by atoms with Crippen molar-refractivity contribution in [3.8, 4) is 0 Å². The van der Waals surface area contributed by atoms with E-state index in [2.05, 4.69) is 47.2 Å². The fourth-order valence-corrected chi connectivity index (χ4v) is 4.30. The van der Waals surface area contributed by atoms with Crippen LogP contribution in [0.2, 0.25) is 0 Å². The second kappa shape index (κ2) is 7.82. The second-order valence-electron chi connectivity index (χ2n) is 8.11. The zero-order valence-electron chi connectivity index (χ0n) is 17.1. The summed E-state index contributed by atoms with van der Waals surface area (Å²) in [4.78, 5) is 23.1. The molecule has 1 aliphatic heterocycles. The number of hydrogen-bond donors (Lipinski definition) is 1. The van der Waals surface area contributed by atoms with Crippen LogP contribution >= 0.6 is 0 Å². The molecule has 1 saturated heterocycles. The Morgan fingerprint density at radius 3 is 2.90 bits per heavy atom. The highest BCUT2D eigenvalue weighted by atomic mass is 16.4. The largest absolute Gasteiger partial charge is 0.443 e. The van der Waals surface area contributed by atoms with Crippen molar-refractivity contribution in [1.29, 1.82) is 0 Å². The number of nitrogens with one attached hydrogen (secondary N) is 1. The Kier molecular flexibility index (Phi) is 4.87. The van der Waals surface area contributed by atoms with E-state index in [1.54, 1.807) is 6.20 Å². The maximum absolute atomic E-state index is 13.4. The minimum atomic E-state index is -0.121. The van der Waals surface area contributed by atoms with Crippen LogP contribution in [0, 0.1) is 6.92 Å². The van der Waals surface area contributed by atoms with Crippen LogP contribution in [0.4, 0.5) is 0 Å². The molecule has 5 heteroatoms. The van der Waals surface area contributed by atoms with Gasteiger partial charge in [0, 0.05) is 23.9 Å². The Morgan fingerprint density at radius 1 is 1.17 bits per heavy atom. The van der Waals surface area contributed by atoms with Gasteiger partial charge in [-0.2, -0.15) is 0 Å². The molecule has 0 unspecified atom stereocenters. The van der Waals surface area contributed by atoms with E-state index in [1.165, 1.54) is 11.1 Å². The third kappa shape index (κ3) is 3.63. The van der Waals surface area contributed by atoms with Crippen molar-refractivity contribution in [3.05, 3.63) is 89.3 Å². The predicted molar refractivity (Wildman–Crippen MR) is 116 cm³/mol. The van der Waals surface area contributed by atoms with Gasteiger partial charge in [0.2, 0.25) is 5.89 Å². The Morgan fingerprint density at radius 2 is 2.03 bits per heavy atom. The number of carbonyl (C=O) groups excluding carboxylic acids is 1. The number of piperidine rings is 1. The van der Waals surface area contributed by atoms with Crippen LogP contribution in [0.5, 0.6) is 0 Å². The topological polar surface area (TPSA) is 62.1 Å². The van der Waals surface area contributed by atoms with Crippen LogP contribution in [0.25, 0.3) is 10.9 Å². The number of nitrogens with zero attached hydrogens (tertiary/aromatic N) is 2. The summed E-state index contributed by atoms with van der Waals surface area (Å²) in [5, 5.41) is 1.05. The van der Waals surface area contributed by atoms with Crippen molar-refractivity contribution >= 4 is 16.8 Å². The first-order chi connectivity index (χ1) is 14.7. The molecule has 0 bridgehead atoms. The van der Waals surface area contributed by atoms with Crippen molar-refractivity contribution in [1.82, 2.24) is 14.9 Å². The standard InChI is InChI=1S/C25H25N3O2/c1-17-10-11-19-15-22(27-21(19)13-17)25(29)28-12-6-5-9-23(28)24-26-16-20(30-24)14-18-7-3-2-4-8-18/h2-4,7-8,10-11,13,15-16,23,27H,5-6,9,12,14H2,1H3/t23-/m0/s1. The van der Waals surface area contributed by atoms with E-state index in [9.17, 15) is 4.79 Å². The zero-order valence-corrected chi connectivity index (χ0v) is 17.1. The fourth-order valence-electron chi connectivity index (χ4n) is 4.30. The van der Waals surface area contributed by atoms with Crippen molar-refractivity contribution in [2.24, 2.45) is 0 Å². The lowest BCUT2D eigenvalue weighted by atomic mass is 10.0. The number of aromatic amines is 1. The van der Waals surface area contributed by atoms with Gasteiger partial charge in [-0.25, -0.2) is 4.98 Å². The van der Waals surface area contributed by atoms with Gasteiger partial charge in [0.15, 0.2) is 0 Å². The van der Waals surface area contributed by atoms with Crippen molar-refractivity contribution < 1.29 is 9.21 Å². The number of amides is 1. The van der Waals surface area contributed by atoms with Gasteiger partial charge >= 0.3 is 0 Å². The molecular formula is C25H25N3O2. The number of H-pyrrole nitrogens is 1. The molecule has 5 nitrogen and oxygen atoms in total. The highest BCUT2D eigenvalue weighted by Gasteiger charge is 2.32. The zero-order chi connectivity index (χ0) is 20.5. The monoisotopic (exact) mass is 399 g/mol. The Bertz CT molecular complexity index is 1180. The number of benzene rings is 2. The van der Waals surface area contributed by atoms with Gasteiger partial charge in [-0.05, 0) is 49.4 Å². The second-order valence-corrected chi connectivity index (χ2v) is 8.11. The van der Waals surface area contributed by atoms with Crippen LogP contribution in [-0.2, 0) is 6.42 Å². The molecule has 1 aliphatic rings. The van der Waals surface area contributed by atoms with E-state index in [0.29, 0.717) is 24.6 Å². The van der Waals surface area contributed by atoms with Gasteiger partial charge in [0.05, 0.1) is 6.20 Å². The summed E-state index contributed by atoms with van der Waals surface area (Å²) in [5.74, 6) is 1.48. The molecule has 0 spiro atoms. The molecule has 1 atom stereocenters. The molecule has 5 rings (SSSR count). The van der Waals surface area contributed by atoms with E-state index in [0.717, 1.165) is 35.9 Å². The average molecular weight is 399 g/mol. The lowest BCUT2D eigenvalue weighted by Gasteiger charge is -2.33. The minimum Gasteiger partial charge on any atom is -0.443 e. The number of aryl methyl sites for hydroxylation is 1. The smallest absolute Gasteiger partial charge is 0.270 e. The van der Waals surface area contributed by atoms with Crippen LogP contribution in [0.3, 0.4) is 0 Å².